The molecule has 1 rings (SSSR count). The molecule has 2 heteroatoms. The molecule has 14 heavy (non-hydrogen) atoms. The lowest BCUT2D eigenvalue weighted by Crippen LogP contribution is -2.02. The van der Waals surface area contributed by atoms with Crippen LogP contribution in [0.5, 0.6) is 0 Å². The number of rotatable bonds is 3. The maximum atomic E-state index is 5.48. The molecule has 0 fully saturated rings. The lowest BCUT2D eigenvalue weighted by molar-refractivity contribution is 0.968. The highest BCUT2D eigenvalue weighted by molar-refractivity contribution is 5.37. The van der Waals surface area contributed by atoms with E-state index in [4.69, 9.17) is 11.5 Å². The Morgan fingerprint density at radius 2 is 2.00 bits per heavy atom. The highest BCUT2D eigenvalue weighted by Gasteiger charge is 1.91. The second-order valence-corrected chi connectivity index (χ2v) is 3.08. The first-order valence-corrected chi connectivity index (χ1v) is 4.84. The van der Waals surface area contributed by atoms with Gasteiger partial charge in [0.15, 0.2) is 0 Å². The van der Waals surface area contributed by atoms with Crippen LogP contribution < -0.4 is 11.5 Å². The third-order valence-corrected chi connectivity index (χ3v) is 1.86. The molecule has 0 aliphatic rings. The molecule has 0 aliphatic heterocycles. The van der Waals surface area contributed by atoms with Crippen LogP contribution in [0.2, 0.25) is 0 Å². The molecule has 0 aromatic heterocycles. The van der Waals surface area contributed by atoms with Crippen molar-refractivity contribution in [1.29, 1.82) is 0 Å². The molecule has 0 unspecified atom stereocenters. The standard InChI is InChI=1S/C12H16N2/c13-8-2-1-4-11-5-3-6-12(10-11)7-9-14/h3,5-6,10H,2,7-9,13-14H2. The Labute approximate surface area is 85.3 Å². The summed E-state index contributed by atoms with van der Waals surface area (Å²) in [5.41, 5.74) is 13.1. The second kappa shape index (κ2) is 6.20. The van der Waals surface area contributed by atoms with Crippen LogP contribution >= 0.6 is 0 Å². The molecule has 0 amide bonds. The quantitative estimate of drug-likeness (QED) is 0.692. The van der Waals surface area contributed by atoms with E-state index in [9.17, 15) is 0 Å². The molecule has 0 heterocycles. The molecule has 1 aromatic rings. The van der Waals surface area contributed by atoms with Gasteiger partial charge in [0.2, 0.25) is 0 Å². The molecule has 0 bridgehead atoms. The van der Waals surface area contributed by atoms with Crippen LogP contribution in [-0.2, 0) is 6.42 Å². The van der Waals surface area contributed by atoms with Gasteiger partial charge in [0.05, 0.1) is 0 Å². The van der Waals surface area contributed by atoms with E-state index in [1.54, 1.807) is 0 Å². The van der Waals surface area contributed by atoms with E-state index in [1.807, 2.05) is 12.1 Å². The Morgan fingerprint density at radius 1 is 1.14 bits per heavy atom. The fourth-order valence-electron chi connectivity index (χ4n) is 1.21. The van der Waals surface area contributed by atoms with Crippen LogP contribution in [0.4, 0.5) is 0 Å². The van der Waals surface area contributed by atoms with Gasteiger partial charge in [-0.3, -0.25) is 0 Å². The Balaban J connectivity index is 2.69. The third-order valence-electron chi connectivity index (χ3n) is 1.86. The highest BCUT2D eigenvalue weighted by atomic mass is 14.5. The zero-order chi connectivity index (χ0) is 10.2. The van der Waals surface area contributed by atoms with Crippen LogP contribution in [0.15, 0.2) is 24.3 Å². The minimum atomic E-state index is 0.621. The van der Waals surface area contributed by atoms with Gasteiger partial charge >= 0.3 is 0 Å². The van der Waals surface area contributed by atoms with Gasteiger partial charge in [0, 0.05) is 18.5 Å². The maximum Gasteiger partial charge on any atom is 0.0247 e. The normalized spacial score (nSPS) is 9.29. The molecule has 0 saturated carbocycles. The smallest absolute Gasteiger partial charge is 0.0247 e. The first-order chi connectivity index (χ1) is 6.86. The molecule has 0 radical (unpaired) electrons. The Kier molecular flexibility index (Phi) is 4.77. The van der Waals surface area contributed by atoms with Crippen molar-refractivity contribution in [3.63, 3.8) is 0 Å². The average Bonchev–Trinajstić information content (AvgIpc) is 2.19. The number of hydrogen-bond donors (Lipinski definition) is 2. The van der Waals surface area contributed by atoms with E-state index in [-0.39, 0.29) is 0 Å². The molecular weight excluding hydrogens is 172 g/mol. The summed E-state index contributed by atoms with van der Waals surface area (Å²) in [6.07, 6.45) is 1.66. The van der Waals surface area contributed by atoms with E-state index < -0.39 is 0 Å². The molecule has 4 N–H and O–H groups in total. The number of hydrogen-bond acceptors (Lipinski definition) is 2. The van der Waals surface area contributed by atoms with Gasteiger partial charge in [0.25, 0.3) is 0 Å². The SMILES string of the molecule is NCCC#Cc1cccc(CCN)c1. The first-order valence-electron chi connectivity index (χ1n) is 4.84. The van der Waals surface area contributed by atoms with Crippen LogP contribution in [0.25, 0.3) is 0 Å². The predicted molar refractivity (Wildman–Crippen MR) is 59.7 cm³/mol. The lowest BCUT2D eigenvalue weighted by atomic mass is 10.1. The van der Waals surface area contributed by atoms with Crippen LogP contribution in [-0.4, -0.2) is 13.1 Å². The monoisotopic (exact) mass is 188 g/mol. The fourth-order valence-corrected chi connectivity index (χ4v) is 1.21. The van der Waals surface area contributed by atoms with E-state index >= 15 is 0 Å². The predicted octanol–water partition coefficient (Wildman–Crippen LogP) is 0.888. The molecule has 2 nitrogen and oxygen atoms in total. The summed E-state index contributed by atoms with van der Waals surface area (Å²) < 4.78 is 0. The molecule has 0 spiro atoms. The maximum absolute atomic E-state index is 5.48. The van der Waals surface area contributed by atoms with Crippen LogP contribution in [0, 0.1) is 11.8 Å². The molecule has 1 aromatic carbocycles. The minimum absolute atomic E-state index is 0.621. The van der Waals surface area contributed by atoms with E-state index in [1.165, 1.54) is 5.56 Å². The lowest BCUT2D eigenvalue weighted by Gasteiger charge is -1.98. The van der Waals surface area contributed by atoms with Crippen molar-refractivity contribution in [1.82, 2.24) is 0 Å². The van der Waals surface area contributed by atoms with Crippen molar-refractivity contribution < 1.29 is 0 Å². The largest absolute Gasteiger partial charge is 0.330 e. The van der Waals surface area contributed by atoms with Crippen molar-refractivity contribution >= 4 is 0 Å². The Bertz CT molecular complexity index is 334. The Hall–Kier alpha value is -1.30. The first kappa shape index (κ1) is 10.8. The van der Waals surface area contributed by atoms with Gasteiger partial charge in [-0.1, -0.05) is 24.0 Å². The van der Waals surface area contributed by atoms with E-state index in [0.29, 0.717) is 13.1 Å². The average molecular weight is 188 g/mol. The summed E-state index contributed by atoms with van der Waals surface area (Å²) in [5.74, 6) is 6.09. The van der Waals surface area contributed by atoms with Gasteiger partial charge in [-0.15, -0.1) is 0 Å². The highest BCUT2D eigenvalue weighted by Crippen LogP contribution is 2.04. The van der Waals surface area contributed by atoms with Crippen molar-refractivity contribution in [2.45, 2.75) is 12.8 Å². The zero-order valence-electron chi connectivity index (χ0n) is 8.29. The van der Waals surface area contributed by atoms with E-state index in [2.05, 4.69) is 24.0 Å². The second-order valence-electron chi connectivity index (χ2n) is 3.08. The topological polar surface area (TPSA) is 52.0 Å². The molecule has 0 atom stereocenters. The molecular formula is C12H16N2. The van der Waals surface area contributed by atoms with Gasteiger partial charge < -0.3 is 11.5 Å². The number of nitrogens with two attached hydrogens (primary N) is 2. The zero-order valence-corrected chi connectivity index (χ0v) is 8.29. The fraction of sp³-hybridized carbons (Fsp3) is 0.333. The summed E-state index contributed by atoms with van der Waals surface area (Å²) >= 11 is 0. The molecule has 74 valence electrons. The van der Waals surface area contributed by atoms with Crippen LogP contribution in [0.3, 0.4) is 0 Å². The summed E-state index contributed by atoms with van der Waals surface area (Å²) in [5, 5.41) is 0. The van der Waals surface area contributed by atoms with Crippen molar-refractivity contribution in [2.75, 3.05) is 13.1 Å². The Morgan fingerprint density at radius 3 is 2.71 bits per heavy atom. The van der Waals surface area contributed by atoms with Gasteiger partial charge in [-0.05, 0) is 30.7 Å². The number of benzene rings is 1. The van der Waals surface area contributed by atoms with Gasteiger partial charge in [-0.2, -0.15) is 0 Å². The van der Waals surface area contributed by atoms with Crippen molar-refractivity contribution in [3.05, 3.63) is 35.4 Å². The van der Waals surface area contributed by atoms with Crippen molar-refractivity contribution in [3.8, 4) is 11.8 Å². The summed E-state index contributed by atoms with van der Waals surface area (Å²) in [7, 11) is 0. The summed E-state index contributed by atoms with van der Waals surface area (Å²) in [4.78, 5) is 0. The van der Waals surface area contributed by atoms with Gasteiger partial charge in [-0.25, -0.2) is 0 Å². The van der Waals surface area contributed by atoms with Crippen molar-refractivity contribution in [2.24, 2.45) is 11.5 Å². The summed E-state index contributed by atoms with van der Waals surface area (Å²) in [6.45, 7) is 1.30. The minimum Gasteiger partial charge on any atom is -0.330 e. The summed E-state index contributed by atoms with van der Waals surface area (Å²) in [6, 6.07) is 8.17. The van der Waals surface area contributed by atoms with Crippen LogP contribution in [0.1, 0.15) is 17.5 Å². The third kappa shape index (κ3) is 3.61. The van der Waals surface area contributed by atoms with E-state index in [0.717, 1.165) is 18.4 Å². The molecule has 0 aliphatic carbocycles. The molecule has 0 saturated heterocycles. The van der Waals surface area contributed by atoms with Gasteiger partial charge in [0.1, 0.15) is 0 Å².